The summed E-state index contributed by atoms with van der Waals surface area (Å²) < 4.78 is 1.93. The Labute approximate surface area is 134 Å². The molecule has 0 spiro atoms. The van der Waals surface area contributed by atoms with Gasteiger partial charge in [0.25, 0.3) is 0 Å². The van der Waals surface area contributed by atoms with E-state index in [1.807, 2.05) is 35.3 Å². The first-order valence-electron chi connectivity index (χ1n) is 7.26. The summed E-state index contributed by atoms with van der Waals surface area (Å²) in [6, 6.07) is 10.6. The third-order valence-corrected chi connectivity index (χ3v) is 3.96. The number of hydrogen-bond donors (Lipinski definition) is 1. The molecule has 0 aliphatic heterocycles. The summed E-state index contributed by atoms with van der Waals surface area (Å²) in [5.41, 5.74) is 2.10. The van der Waals surface area contributed by atoms with E-state index in [-0.39, 0.29) is 6.04 Å². The zero-order chi connectivity index (χ0) is 15.5. The number of rotatable bonds is 5. The van der Waals surface area contributed by atoms with E-state index in [1.54, 1.807) is 0 Å². The van der Waals surface area contributed by atoms with Gasteiger partial charge in [-0.05, 0) is 25.7 Å². The molecule has 0 atom stereocenters. The minimum Gasteiger partial charge on any atom is -0.365 e. The van der Waals surface area contributed by atoms with Crippen LogP contribution >= 0.6 is 11.8 Å². The molecule has 0 amide bonds. The smallest absolute Gasteiger partial charge is 0.191 e. The van der Waals surface area contributed by atoms with Crippen LogP contribution < -0.4 is 5.32 Å². The lowest BCUT2D eigenvalue weighted by Gasteiger charge is -2.10. The van der Waals surface area contributed by atoms with Crippen molar-refractivity contribution in [2.24, 2.45) is 0 Å². The van der Waals surface area contributed by atoms with Crippen LogP contribution in [-0.2, 0) is 6.54 Å². The quantitative estimate of drug-likeness (QED) is 0.574. The summed E-state index contributed by atoms with van der Waals surface area (Å²) in [7, 11) is 0. The first-order chi connectivity index (χ1) is 10.7. The van der Waals surface area contributed by atoms with Crippen LogP contribution in [0.15, 0.2) is 41.7 Å². The van der Waals surface area contributed by atoms with Crippen molar-refractivity contribution in [3.05, 3.63) is 42.1 Å². The average Bonchev–Trinajstić information content (AvgIpc) is 2.97. The number of thioether (sulfide) groups is 1. The van der Waals surface area contributed by atoms with Crippen LogP contribution in [0.2, 0.25) is 0 Å². The molecule has 0 saturated carbocycles. The van der Waals surface area contributed by atoms with Crippen molar-refractivity contribution in [3.63, 3.8) is 0 Å². The summed E-state index contributed by atoms with van der Waals surface area (Å²) in [6.45, 7) is 4.93. The van der Waals surface area contributed by atoms with Gasteiger partial charge in [0, 0.05) is 12.6 Å². The third-order valence-electron chi connectivity index (χ3n) is 3.41. The van der Waals surface area contributed by atoms with Gasteiger partial charge in [0.1, 0.15) is 5.82 Å². The zero-order valence-electron chi connectivity index (χ0n) is 12.9. The number of anilines is 1. The molecule has 5 nitrogen and oxygen atoms in total. The first-order valence-corrected chi connectivity index (χ1v) is 8.48. The maximum Gasteiger partial charge on any atom is 0.191 e. The molecule has 3 rings (SSSR count). The Kier molecular flexibility index (Phi) is 4.29. The molecule has 2 heterocycles. The molecular formula is C16H19N5S. The van der Waals surface area contributed by atoms with Gasteiger partial charge in [0.2, 0.25) is 0 Å². The number of nitrogens with one attached hydrogen (secondary N) is 1. The predicted molar refractivity (Wildman–Crippen MR) is 91.3 cm³/mol. The summed E-state index contributed by atoms with van der Waals surface area (Å²) in [5, 5.41) is 9.58. The van der Waals surface area contributed by atoms with Crippen molar-refractivity contribution in [2.75, 3.05) is 11.6 Å². The van der Waals surface area contributed by atoms with Crippen LogP contribution in [0.4, 0.5) is 5.82 Å². The molecule has 22 heavy (non-hydrogen) atoms. The van der Waals surface area contributed by atoms with Crippen molar-refractivity contribution >= 4 is 28.6 Å². The molecule has 1 aromatic carbocycles. The van der Waals surface area contributed by atoms with E-state index in [2.05, 4.69) is 46.4 Å². The van der Waals surface area contributed by atoms with E-state index < -0.39 is 0 Å². The first kappa shape index (κ1) is 14.8. The van der Waals surface area contributed by atoms with Crippen molar-refractivity contribution in [1.29, 1.82) is 0 Å². The van der Waals surface area contributed by atoms with E-state index in [4.69, 9.17) is 0 Å². The molecular weight excluding hydrogens is 294 g/mol. The maximum atomic E-state index is 4.60. The topological polar surface area (TPSA) is 55.6 Å². The Morgan fingerprint density at radius 3 is 2.64 bits per heavy atom. The van der Waals surface area contributed by atoms with Gasteiger partial charge in [-0.3, -0.25) is 0 Å². The molecule has 114 valence electrons. The minimum absolute atomic E-state index is 0.268. The van der Waals surface area contributed by atoms with Gasteiger partial charge >= 0.3 is 0 Å². The highest BCUT2D eigenvalue weighted by Gasteiger charge is 2.14. The Hall–Kier alpha value is -2.08. The van der Waals surface area contributed by atoms with Gasteiger partial charge in [-0.1, -0.05) is 42.1 Å². The van der Waals surface area contributed by atoms with E-state index in [1.165, 1.54) is 17.3 Å². The lowest BCUT2D eigenvalue weighted by molar-refractivity contribution is 0.545. The van der Waals surface area contributed by atoms with Crippen LogP contribution in [0.1, 0.15) is 25.5 Å². The fraction of sp³-hybridized carbons (Fsp3) is 0.312. The lowest BCUT2D eigenvalue weighted by atomic mass is 10.2. The molecule has 0 radical (unpaired) electrons. The maximum absolute atomic E-state index is 4.60. The lowest BCUT2D eigenvalue weighted by Crippen LogP contribution is -2.06. The summed E-state index contributed by atoms with van der Waals surface area (Å²) in [6.07, 6.45) is 3.82. The summed E-state index contributed by atoms with van der Waals surface area (Å²) >= 11 is 1.54. The largest absolute Gasteiger partial charge is 0.365 e. The van der Waals surface area contributed by atoms with E-state index in [0.717, 1.165) is 28.6 Å². The SMILES string of the molecule is CSc1nc(NCc2ccccc2)c2cnn(C(C)C)c2n1. The van der Waals surface area contributed by atoms with Crippen molar-refractivity contribution in [3.8, 4) is 0 Å². The summed E-state index contributed by atoms with van der Waals surface area (Å²) in [5.74, 6) is 0.838. The van der Waals surface area contributed by atoms with Gasteiger partial charge in [-0.25, -0.2) is 14.6 Å². The van der Waals surface area contributed by atoms with E-state index >= 15 is 0 Å². The standard InChI is InChI=1S/C16H19N5S/c1-11(2)21-15-13(10-18-21)14(19-16(20-15)22-3)17-9-12-7-5-4-6-8-12/h4-8,10-11H,9H2,1-3H3,(H,17,19,20). The molecule has 0 saturated heterocycles. The molecule has 0 aliphatic carbocycles. The second-order valence-electron chi connectivity index (χ2n) is 5.32. The van der Waals surface area contributed by atoms with Crippen LogP contribution in [0.3, 0.4) is 0 Å². The fourth-order valence-electron chi connectivity index (χ4n) is 2.29. The molecule has 0 bridgehead atoms. The highest BCUT2D eigenvalue weighted by atomic mass is 32.2. The summed E-state index contributed by atoms with van der Waals surface area (Å²) in [4.78, 5) is 9.20. The van der Waals surface area contributed by atoms with Crippen molar-refractivity contribution in [2.45, 2.75) is 31.6 Å². The van der Waals surface area contributed by atoms with Gasteiger partial charge in [-0.2, -0.15) is 5.10 Å². The van der Waals surface area contributed by atoms with Crippen LogP contribution in [0, 0.1) is 0 Å². The third kappa shape index (κ3) is 2.92. The highest BCUT2D eigenvalue weighted by Crippen LogP contribution is 2.25. The molecule has 1 N–H and O–H groups in total. The van der Waals surface area contributed by atoms with Crippen molar-refractivity contribution < 1.29 is 0 Å². The van der Waals surface area contributed by atoms with Gasteiger partial charge < -0.3 is 5.32 Å². The molecule has 0 fully saturated rings. The Balaban J connectivity index is 1.97. The minimum atomic E-state index is 0.268. The van der Waals surface area contributed by atoms with Gasteiger partial charge in [-0.15, -0.1) is 0 Å². The predicted octanol–water partition coefficient (Wildman–Crippen LogP) is 3.74. The van der Waals surface area contributed by atoms with Crippen molar-refractivity contribution in [1.82, 2.24) is 19.7 Å². The molecule has 2 aromatic heterocycles. The fourth-order valence-corrected chi connectivity index (χ4v) is 2.65. The Morgan fingerprint density at radius 2 is 1.95 bits per heavy atom. The molecule has 6 heteroatoms. The number of benzene rings is 1. The average molecular weight is 313 g/mol. The van der Waals surface area contributed by atoms with Crippen LogP contribution in [0.25, 0.3) is 11.0 Å². The van der Waals surface area contributed by atoms with E-state index in [9.17, 15) is 0 Å². The molecule has 0 unspecified atom stereocenters. The number of aromatic nitrogens is 4. The molecule has 0 aliphatic rings. The Bertz CT molecular complexity index is 767. The number of nitrogens with zero attached hydrogens (tertiary/aromatic N) is 4. The van der Waals surface area contributed by atoms with Gasteiger partial charge in [0.05, 0.1) is 11.6 Å². The Morgan fingerprint density at radius 1 is 1.18 bits per heavy atom. The van der Waals surface area contributed by atoms with Gasteiger partial charge in [0.15, 0.2) is 10.8 Å². The van der Waals surface area contributed by atoms with Crippen LogP contribution in [0.5, 0.6) is 0 Å². The number of fused-ring (bicyclic) bond motifs is 1. The highest BCUT2D eigenvalue weighted by molar-refractivity contribution is 7.98. The monoisotopic (exact) mass is 313 g/mol. The normalized spacial score (nSPS) is 11.3. The van der Waals surface area contributed by atoms with Crippen LogP contribution in [-0.4, -0.2) is 26.0 Å². The zero-order valence-corrected chi connectivity index (χ0v) is 13.8. The number of hydrogen-bond acceptors (Lipinski definition) is 5. The second kappa shape index (κ2) is 6.36. The van der Waals surface area contributed by atoms with E-state index in [0.29, 0.717) is 0 Å². The molecule has 3 aromatic rings. The second-order valence-corrected chi connectivity index (χ2v) is 6.09.